The van der Waals surface area contributed by atoms with Crippen LogP contribution in [0.2, 0.25) is 0 Å². The summed E-state index contributed by atoms with van der Waals surface area (Å²) in [4.78, 5) is 51.4. The van der Waals surface area contributed by atoms with Gasteiger partial charge < -0.3 is 14.8 Å². The molecular formula is C25H24N4O6. The van der Waals surface area contributed by atoms with Gasteiger partial charge in [-0.1, -0.05) is 36.4 Å². The van der Waals surface area contributed by atoms with Crippen LogP contribution >= 0.6 is 0 Å². The molecule has 0 saturated carbocycles. The van der Waals surface area contributed by atoms with E-state index in [0.29, 0.717) is 17.1 Å². The van der Waals surface area contributed by atoms with Crippen molar-refractivity contribution in [2.24, 2.45) is 0 Å². The van der Waals surface area contributed by atoms with Crippen LogP contribution in [0.5, 0.6) is 11.5 Å². The number of nitrogens with zero attached hydrogens (tertiary/aromatic N) is 1. The second-order valence-electron chi connectivity index (χ2n) is 8.11. The van der Waals surface area contributed by atoms with Crippen molar-refractivity contribution in [3.05, 3.63) is 71.8 Å². The molecule has 3 aromatic rings. The van der Waals surface area contributed by atoms with Crippen LogP contribution in [0, 0.1) is 0 Å². The van der Waals surface area contributed by atoms with Crippen LogP contribution in [0.15, 0.2) is 60.7 Å². The minimum absolute atomic E-state index is 0.181. The Morgan fingerprint density at radius 1 is 0.914 bits per heavy atom. The number of fused-ring (bicyclic) bond motifs is 1. The zero-order valence-electron chi connectivity index (χ0n) is 19.4. The third-order valence-electron chi connectivity index (χ3n) is 5.83. The van der Waals surface area contributed by atoms with Crippen molar-refractivity contribution in [3.63, 3.8) is 0 Å². The third kappa shape index (κ3) is 4.58. The van der Waals surface area contributed by atoms with Gasteiger partial charge in [0, 0.05) is 11.6 Å². The molecule has 3 N–H and O–H groups in total. The van der Waals surface area contributed by atoms with Gasteiger partial charge in [0.1, 0.15) is 23.6 Å². The van der Waals surface area contributed by atoms with E-state index in [4.69, 9.17) is 9.47 Å². The second kappa shape index (κ2) is 9.34. The molecule has 35 heavy (non-hydrogen) atoms. The predicted octanol–water partition coefficient (Wildman–Crippen LogP) is 2.09. The Balaban J connectivity index is 1.43. The molecule has 1 atom stereocenters. The minimum atomic E-state index is -1.33. The smallest absolute Gasteiger partial charge is 0.325 e. The Kier molecular flexibility index (Phi) is 6.28. The molecule has 0 unspecified atom stereocenters. The average Bonchev–Trinajstić information content (AvgIpc) is 3.10. The summed E-state index contributed by atoms with van der Waals surface area (Å²) in [6.45, 7) is 1.02. The number of hydrazine groups is 1. The number of carbonyl (C=O) groups is 4. The molecule has 0 aliphatic carbocycles. The van der Waals surface area contributed by atoms with Gasteiger partial charge in [0.2, 0.25) is 0 Å². The van der Waals surface area contributed by atoms with E-state index < -0.39 is 35.8 Å². The number of urea groups is 1. The summed E-state index contributed by atoms with van der Waals surface area (Å²) < 4.78 is 10.3. The van der Waals surface area contributed by atoms with E-state index in [1.54, 1.807) is 19.1 Å². The van der Waals surface area contributed by atoms with E-state index >= 15 is 0 Å². The number of benzene rings is 3. The molecular weight excluding hydrogens is 452 g/mol. The highest BCUT2D eigenvalue weighted by molar-refractivity contribution is 6.09. The Hall–Kier alpha value is -4.60. The van der Waals surface area contributed by atoms with Gasteiger partial charge in [-0.05, 0) is 41.5 Å². The lowest BCUT2D eigenvalue weighted by Gasteiger charge is -2.22. The molecule has 1 saturated heterocycles. The molecule has 4 rings (SSSR count). The quantitative estimate of drug-likeness (QED) is 0.370. The molecule has 10 nitrogen and oxygen atoms in total. The number of ether oxygens (including phenoxy) is 2. The van der Waals surface area contributed by atoms with E-state index in [9.17, 15) is 19.2 Å². The van der Waals surface area contributed by atoms with Crippen molar-refractivity contribution >= 4 is 34.5 Å². The molecule has 180 valence electrons. The molecule has 10 heteroatoms. The lowest BCUT2D eigenvalue weighted by Crippen LogP contribution is -2.48. The highest BCUT2D eigenvalue weighted by atomic mass is 16.5. The first-order chi connectivity index (χ1) is 16.7. The van der Waals surface area contributed by atoms with Crippen LogP contribution in [-0.4, -0.2) is 49.4 Å². The Labute approximate surface area is 201 Å². The van der Waals surface area contributed by atoms with Gasteiger partial charge in [-0.25, -0.2) is 4.79 Å². The zero-order chi connectivity index (χ0) is 25.2. The van der Waals surface area contributed by atoms with Crippen LogP contribution in [0.4, 0.5) is 4.79 Å². The topological polar surface area (TPSA) is 126 Å². The number of hydrogen-bond acceptors (Lipinski definition) is 6. The van der Waals surface area contributed by atoms with Crippen LogP contribution in [-0.2, 0) is 15.1 Å². The molecule has 3 aromatic carbocycles. The fraction of sp³-hybridized carbons (Fsp3) is 0.200. The summed E-state index contributed by atoms with van der Waals surface area (Å²) in [5.74, 6) is -1.16. The molecule has 1 heterocycles. The zero-order valence-corrected chi connectivity index (χ0v) is 19.4. The highest BCUT2D eigenvalue weighted by Crippen LogP contribution is 2.31. The number of amides is 5. The van der Waals surface area contributed by atoms with E-state index in [2.05, 4.69) is 16.2 Å². The van der Waals surface area contributed by atoms with Gasteiger partial charge in [0.15, 0.2) is 0 Å². The van der Waals surface area contributed by atoms with Crippen LogP contribution in [0.3, 0.4) is 0 Å². The lowest BCUT2D eigenvalue weighted by molar-refractivity contribution is -0.135. The summed E-state index contributed by atoms with van der Waals surface area (Å²) in [6.07, 6.45) is 0. The highest BCUT2D eigenvalue weighted by Gasteiger charge is 2.49. The minimum Gasteiger partial charge on any atom is -0.497 e. The number of nitrogens with one attached hydrogen (secondary N) is 3. The van der Waals surface area contributed by atoms with Crippen LogP contribution < -0.4 is 25.6 Å². The van der Waals surface area contributed by atoms with Gasteiger partial charge >= 0.3 is 6.03 Å². The van der Waals surface area contributed by atoms with Gasteiger partial charge in [0.25, 0.3) is 17.7 Å². The maximum atomic E-state index is 13.2. The number of rotatable bonds is 6. The molecule has 1 fully saturated rings. The average molecular weight is 476 g/mol. The summed E-state index contributed by atoms with van der Waals surface area (Å²) in [5, 5.41) is 4.59. The third-order valence-corrected chi connectivity index (χ3v) is 5.83. The predicted molar refractivity (Wildman–Crippen MR) is 127 cm³/mol. The number of carbonyl (C=O) groups excluding carboxylic acids is 4. The molecule has 1 aliphatic rings. The SMILES string of the molecule is COc1cc(OC)cc(C(=O)NNC(=O)CN2C(=O)N[C@@](C)(c3ccc4ccccc4c3)C2=O)c1. The molecule has 0 aromatic heterocycles. The summed E-state index contributed by atoms with van der Waals surface area (Å²) in [5.41, 5.74) is 3.92. The molecule has 0 spiro atoms. The van der Waals surface area contributed by atoms with Crippen molar-refractivity contribution < 1.29 is 28.7 Å². The Morgan fingerprint density at radius 3 is 2.23 bits per heavy atom. The van der Waals surface area contributed by atoms with E-state index in [0.717, 1.165) is 15.7 Å². The maximum Gasteiger partial charge on any atom is 0.325 e. The maximum absolute atomic E-state index is 13.2. The van der Waals surface area contributed by atoms with Crippen molar-refractivity contribution in [2.45, 2.75) is 12.5 Å². The first kappa shape index (κ1) is 23.6. The van der Waals surface area contributed by atoms with Crippen molar-refractivity contribution in [2.75, 3.05) is 20.8 Å². The summed E-state index contributed by atoms with van der Waals surface area (Å²) in [7, 11) is 2.89. The van der Waals surface area contributed by atoms with Gasteiger partial charge in [-0.15, -0.1) is 0 Å². The molecule has 0 bridgehead atoms. The first-order valence-electron chi connectivity index (χ1n) is 10.7. The number of imide groups is 1. The van der Waals surface area contributed by atoms with Crippen molar-refractivity contribution in [1.29, 1.82) is 0 Å². The van der Waals surface area contributed by atoms with Crippen molar-refractivity contribution in [1.82, 2.24) is 21.1 Å². The monoisotopic (exact) mass is 476 g/mol. The number of methoxy groups -OCH3 is 2. The molecule has 0 radical (unpaired) electrons. The summed E-state index contributed by atoms with van der Waals surface area (Å²) in [6, 6.07) is 17.0. The fourth-order valence-corrected chi connectivity index (χ4v) is 3.86. The largest absolute Gasteiger partial charge is 0.497 e. The van der Waals surface area contributed by atoms with E-state index in [1.807, 2.05) is 36.4 Å². The molecule has 5 amide bonds. The Bertz CT molecular complexity index is 1320. The van der Waals surface area contributed by atoms with Gasteiger partial charge in [0.05, 0.1) is 14.2 Å². The fourth-order valence-electron chi connectivity index (χ4n) is 3.86. The van der Waals surface area contributed by atoms with Gasteiger partial charge in [-0.2, -0.15) is 0 Å². The van der Waals surface area contributed by atoms with Crippen molar-refractivity contribution in [3.8, 4) is 11.5 Å². The van der Waals surface area contributed by atoms with Crippen LogP contribution in [0.25, 0.3) is 10.8 Å². The van der Waals surface area contributed by atoms with Gasteiger partial charge in [-0.3, -0.25) is 30.1 Å². The van der Waals surface area contributed by atoms with Crippen LogP contribution in [0.1, 0.15) is 22.8 Å². The number of hydrogen-bond donors (Lipinski definition) is 3. The first-order valence-corrected chi connectivity index (χ1v) is 10.7. The van der Waals surface area contributed by atoms with E-state index in [-0.39, 0.29) is 5.56 Å². The normalized spacial score (nSPS) is 17.2. The molecule has 1 aliphatic heterocycles. The second-order valence-corrected chi connectivity index (χ2v) is 8.11. The standard InChI is InChI=1S/C25H24N4O6/c1-25(18-9-8-15-6-4-5-7-16(15)10-18)23(32)29(24(33)26-25)14-21(30)27-28-22(31)17-11-19(34-2)13-20(12-17)35-3/h4-13H,14H2,1-3H3,(H,26,33)(H,27,30)(H,28,31)/t25-/m0/s1. The Morgan fingerprint density at radius 2 is 1.57 bits per heavy atom. The lowest BCUT2D eigenvalue weighted by atomic mass is 9.90. The summed E-state index contributed by atoms with van der Waals surface area (Å²) >= 11 is 0. The van der Waals surface area contributed by atoms with E-state index in [1.165, 1.54) is 26.4 Å².